The minimum atomic E-state index is 0.557. The van der Waals surface area contributed by atoms with Gasteiger partial charge in [0.1, 0.15) is 12.7 Å². The molecule has 0 amide bonds. The fourth-order valence-corrected chi connectivity index (χ4v) is 2.78. The quantitative estimate of drug-likeness (QED) is 0.875. The molecule has 0 saturated heterocycles. The summed E-state index contributed by atoms with van der Waals surface area (Å²) in [4.78, 5) is 3.96. The maximum absolute atomic E-state index is 4.12. The molecule has 2 aromatic rings. The Labute approximate surface area is 120 Å². The van der Waals surface area contributed by atoms with E-state index >= 15 is 0 Å². The van der Waals surface area contributed by atoms with Crippen molar-refractivity contribution in [2.75, 3.05) is 5.32 Å². The first-order valence-corrected chi connectivity index (χ1v) is 7.47. The summed E-state index contributed by atoms with van der Waals surface area (Å²) >= 11 is 0. The molecule has 106 valence electrons. The molecule has 0 spiro atoms. The van der Waals surface area contributed by atoms with Crippen molar-refractivity contribution in [1.82, 2.24) is 14.8 Å². The average molecular weight is 270 g/mol. The molecule has 1 unspecified atom stereocenters. The number of benzene rings is 1. The molecule has 1 fully saturated rings. The van der Waals surface area contributed by atoms with E-state index in [1.165, 1.54) is 36.9 Å². The summed E-state index contributed by atoms with van der Waals surface area (Å²) in [6.45, 7) is 3.06. The lowest BCUT2D eigenvalue weighted by Gasteiger charge is -2.28. The Balaban J connectivity index is 1.52. The monoisotopic (exact) mass is 270 g/mol. The van der Waals surface area contributed by atoms with E-state index in [1.807, 2.05) is 4.68 Å². The largest absolute Gasteiger partial charge is 0.383 e. The molecule has 3 rings (SSSR count). The summed E-state index contributed by atoms with van der Waals surface area (Å²) in [5.41, 5.74) is 2.45. The Kier molecular flexibility index (Phi) is 4.00. The smallest absolute Gasteiger partial charge is 0.137 e. The van der Waals surface area contributed by atoms with Gasteiger partial charge in [-0.25, -0.2) is 9.67 Å². The Morgan fingerprint density at radius 3 is 2.70 bits per heavy atom. The Morgan fingerprint density at radius 2 is 2.10 bits per heavy atom. The average Bonchev–Trinajstić information content (AvgIpc) is 2.89. The minimum absolute atomic E-state index is 0.557. The van der Waals surface area contributed by atoms with Gasteiger partial charge < -0.3 is 5.32 Å². The summed E-state index contributed by atoms with van der Waals surface area (Å²) in [6, 6.07) is 9.18. The standard InChI is InChI=1S/C16H22N4/c1-13(9-14-3-2-4-14)19-16-7-5-15(6-8-16)10-20-12-17-11-18-20/h5-8,11-14,19H,2-4,9-10H2,1H3. The van der Waals surface area contributed by atoms with Crippen LogP contribution in [0.5, 0.6) is 0 Å². The second-order valence-electron chi connectivity index (χ2n) is 5.87. The molecular weight excluding hydrogens is 248 g/mol. The van der Waals surface area contributed by atoms with E-state index in [0.29, 0.717) is 6.04 Å². The SMILES string of the molecule is CC(CC1CCC1)Nc1ccc(Cn2cncn2)cc1. The third kappa shape index (κ3) is 3.38. The van der Waals surface area contributed by atoms with Crippen molar-refractivity contribution < 1.29 is 0 Å². The van der Waals surface area contributed by atoms with Gasteiger partial charge in [0.15, 0.2) is 0 Å². The highest BCUT2D eigenvalue weighted by Gasteiger charge is 2.19. The molecule has 20 heavy (non-hydrogen) atoms. The van der Waals surface area contributed by atoms with Gasteiger partial charge in [0.05, 0.1) is 6.54 Å². The predicted octanol–water partition coefficient (Wildman–Crippen LogP) is 3.32. The number of nitrogens with zero attached hydrogens (tertiary/aromatic N) is 3. The van der Waals surface area contributed by atoms with E-state index in [2.05, 4.69) is 46.6 Å². The zero-order chi connectivity index (χ0) is 13.8. The second kappa shape index (κ2) is 6.07. The molecule has 1 saturated carbocycles. The van der Waals surface area contributed by atoms with E-state index in [1.54, 1.807) is 12.7 Å². The highest BCUT2D eigenvalue weighted by atomic mass is 15.3. The van der Waals surface area contributed by atoms with Crippen molar-refractivity contribution in [3.63, 3.8) is 0 Å². The van der Waals surface area contributed by atoms with Crippen LogP contribution in [0.4, 0.5) is 5.69 Å². The Bertz CT molecular complexity index is 514. The van der Waals surface area contributed by atoms with Crippen molar-refractivity contribution in [2.45, 2.75) is 45.2 Å². The first kappa shape index (κ1) is 13.2. The number of nitrogens with one attached hydrogen (secondary N) is 1. The first-order valence-electron chi connectivity index (χ1n) is 7.47. The van der Waals surface area contributed by atoms with Gasteiger partial charge in [0.2, 0.25) is 0 Å². The first-order chi connectivity index (χ1) is 9.79. The van der Waals surface area contributed by atoms with E-state index in [0.717, 1.165) is 12.5 Å². The third-order valence-corrected chi connectivity index (χ3v) is 4.09. The molecule has 1 N–H and O–H groups in total. The number of anilines is 1. The Morgan fingerprint density at radius 1 is 1.30 bits per heavy atom. The van der Waals surface area contributed by atoms with Crippen LogP contribution in [0, 0.1) is 5.92 Å². The van der Waals surface area contributed by atoms with Gasteiger partial charge in [-0.1, -0.05) is 31.4 Å². The molecule has 1 aliphatic carbocycles. The van der Waals surface area contributed by atoms with Gasteiger partial charge in [0, 0.05) is 11.7 Å². The van der Waals surface area contributed by atoms with Crippen molar-refractivity contribution in [3.8, 4) is 0 Å². The Hall–Kier alpha value is -1.84. The second-order valence-corrected chi connectivity index (χ2v) is 5.87. The van der Waals surface area contributed by atoms with Crippen LogP contribution in [-0.4, -0.2) is 20.8 Å². The fraction of sp³-hybridized carbons (Fsp3) is 0.500. The molecular formula is C16H22N4. The molecule has 0 aliphatic heterocycles. The zero-order valence-corrected chi connectivity index (χ0v) is 12.0. The van der Waals surface area contributed by atoms with Gasteiger partial charge in [-0.3, -0.25) is 0 Å². The molecule has 1 heterocycles. The molecule has 1 aromatic carbocycles. The summed E-state index contributed by atoms with van der Waals surface area (Å²) < 4.78 is 1.83. The van der Waals surface area contributed by atoms with E-state index in [4.69, 9.17) is 0 Å². The van der Waals surface area contributed by atoms with Crippen LogP contribution in [0.2, 0.25) is 0 Å². The van der Waals surface area contributed by atoms with E-state index in [-0.39, 0.29) is 0 Å². The maximum atomic E-state index is 4.12. The minimum Gasteiger partial charge on any atom is -0.383 e. The zero-order valence-electron chi connectivity index (χ0n) is 12.0. The molecule has 1 aliphatic rings. The number of hydrogen-bond acceptors (Lipinski definition) is 3. The lowest BCUT2D eigenvalue weighted by Crippen LogP contribution is -2.23. The lowest BCUT2D eigenvalue weighted by atomic mass is 9.81. The summed E-state index contributed by atoms with van der Waals surface area (Å²) in [5, 5.41) is 7.71. The predicted molar refractivity (Wildman–Crippen MR) is 80.6 cm³/mol. The van der Waals surface area contributed by atoms with Gasteiger partial charge in [-0.2, -0.15) is 5.10 Å². The van der Waals surface area contributed by atoms with Crippen LogP contribution >= 0.6 is 0 Å². The summed E-state index contributed by atoms with van der Waals surface area (Å²) in [7, 11) is 0. The van der Waals surface area contributed by atoms with Crippen molar-refractivity contribution >= 4 is 5.69 Å². The van der Waals surface area contributed by atoms with Gasteiger partial charge in [-0.15, -0.1) is 0 Å². The molecule has 0 radical (unpaired) electrons. The number of aromatic nitrogens is 3. The van der Waals surface area contributed by atoms with Crippen LogP contribution in [0.25, 0.3) is 0 Å². The molecule has 4 nitrogen and oxygen atoms in total. The molecule has 1 aromatic heterocycles. The number of rotatable bonds is 6. The molecule has 0 bridgehead atoms. The van der Waals surface area contributed by atoms with Crippen molar-refractivity contribution in [2.24, 2.45) is 5.92 Å². The van der Waals surface area contributed by atoms with Crippen LogP contribution in [0.15, 0.2) is 36.9 Å². The molecule has 4 heteroatoms. The third-order valence-electron chi connectivity index (χ3n) is 4.09. The van der Waals surface area contributed by atoms with Crippen LogP contribution in [0.3, 0.4) is 0 Å². The topological polar surface area (TPSA) is 42.7 Å². The normalized spacial score (nSPS) is 16.6. The van der Waals surface area contributed by atoms with Crippen LogP contribution < -0.4 is 5.32 Å². The number of hydrogen-bond donors (Lipinski definition) is 1. The highest BCUT2D eigenvalue weighted by molar-refractivity contribution is 5.45. The lowest BCUT2D eigenvalue weighted by molar-refractivity contribution is 0.286. The molecule has 1 atom stereocenters. The van der Waals surface area contributed by atoms with Crippen molar-refractivity contribution in [3.05, 3.63) is 42.5 Å². The summed E-state index contributed by atoms with van der Waals surface area (Å²) in [6.07, 6.45) is 8.87. The summed E-state index contributed by atoms with van der Waals surface area (Å²) in [5.74, 6) is 0.948. The maximum Gasteiger partial charge on any atom is 0.137 e. The van der Waals surface area contributed by atoms with Crippen molar-refractivity contribution in [1.29, 1.82) is 0 Å². The van der Waals surface area contributed by atoms with Gasteiger partial charge in [0.25, 0.3) is 0 Å². The van der Waals surface area contributed by atoms with Gasteiger partial charge in [-0.05, 0) is 37.0 Å². The highest BCUT2D eigenvalue weighted by Crippen LogP contribution is 2.31. The van der Waals surface area contributed by atoms with Crippen LogP contribution in [-0.2, 0) is 6.54 Å². The van der Waals surface area contributed by atoms with Crippen LogP contribution in [0.1, 0.15) is 38.2 Å². The fourth-order valence-electron chi connectivity index (χ4n) is 2.78. The van der Waals surface area contributed by atoms with E-state index in [9.17, 15) is 0 Å². The van der Waals surface area contributed by atoms with Gasteiger partial charge >= 0.3 is 0 Å². The van der Waals surface area contributed by atoms with E-state index < -0.39 is 0 Å².